The van der Waals surface area contributed by atoms with E-state index >= 15 is 0 Å². The first-order valence-electron chi connectivity index (χ1n) is 6.45. The van der Waals surface area contributed by atoms with E-state index in [0.29, 0.717) is 6.61 Å². The Balaban J connectivity index is 2.75. The van der Waals surface area contributed by atoms with Gasteiger partial charge in [-0.2, -0.15) is 0 Å². The summed E-state index contributed by atoms with van der Waals surface area (Å²) in [6, 6.07) is 6.49. The zero-order chi connectivity index (χ0) is 13.4. The van der Waals surface area contributed by atoms with Gasteiger partial charge in [-0.25, -0.2) is 0 Å². The summed E-state index contributed by atoms with van der Waals surface area (Å²) in [7, 11) is 0. The molecule has 1 rings (SSSR count). The van der Waals surface area contributed by atoms with E-state index in [1.54, 1.807) is 0 Å². The molecule has 1 N–H and O–H groups in total. The van der Waals surface area contributed by atoms with E-state index in [9.17, 15) is 0 Å². The van der Waals surface area contributed by atoms with Crippen molar-refractivity contribution in [2.45, 2.75) is 32.7 Å². The Hall–Kier alpha value is 0.1000. The zero-order valence-corrected chi connectivity index (χ0v) is 14.2. The topological polar surface area (TPSA) is 21.3 Å². The molecule has 0 aliphatic heterocycles. The van der Waals surface area contributed by atoms with Gasteiger partial charge >= 0.3 is 0 Å². The van der Waals surface area contributed by atoms with Crippen LogP contribution in [-0.4, -0.2) is 19.8 Å². The highest BCUT2D eigenvalue weighted by Crippen LogP contribution is 2.27. The summed E-state index contributed by atoms with van der Waals surface area (Å²) in [5.41, 5.74) is 1.24. The molecule has 0 heterocycles. The van der Waals surface area contributed by atoms with Gasteiger partial charge in [0.25, 0.3) is 0 Å². The molecule has 2 nitrogen and oxygen atoms in total. The first-order chi connectivity index (χ1) is 8.69. The van der Waals surface area contributed by atoms with Crippen molar-refractivity contribution in [2.24, 2.45) is 0 Å². The second kappa shape index (κ2) is 9.08. The van der Waals surface area contributed by atoms with Gasteiger partial charge in [-0.1, -0.05) is 45.7 Å². The molecule has 0 spiro atoms. The summed E-state index contributed by atoms with van der Waals surface area (Å²) in [6.07, 6.45) is 2.18. The fourth-order valence-electron chi connectivity index (χ4n) is 1.70. The Morgan fingerprint density at radius 1 is 1.22 bits per heavy atom. The molecule has 0 radical (unpaired) electrons. The molecule has 18 heavy (non-hydrogen) atoms. The molecule has 0 aliphatic rings. The van der Waals surface area contributed by atoms with Crippen LogP contribution in [0.15, 0.2) is 27.1 Å². The van der Waals surface area contributed by atoms with Crippen LogP contribution in [-0.2, 0) is 4.74 Å². The van der Waals surface area contributed by atoms with Crippen molar-refractivity contribution in [3.8, 4) is 0 Å². The maximum absolute atomic E-state index is 5.69. The molecular weight excluding hydrogens is 358 g/mol. The third-order valence-electron chi connectivity index (χ3n) is 2.61. The number of hydrogen-bond acceptors (Lipinski definition) is 2. The molecular formula is C14H21Br2NO. The van der Waals surface area contributed by atoms with Gasteiger partial charge in [-0.15, -0.1) is 0 Å². The summed E-state index contributed by atoms with van der Waals surface area (Å²) in [4.78, 5) is 0. The van der Waals surface area contributed by atoms with E-state index in [1.165, 1.54) is 5.56 Å². The zero-order valence-electron chi connectivity index (χ0n) is 11.0. The third kappa shape index (κ3) is 5.39. The van der Waals surface area contributed by atoms with Crippen molar-refractivity contribution < 1.29 is 4.74 Å². The molecule has 1 aromatic rings. The fourth-order valence-corrected chi connectivity index (χ4v) is 2.61. The van der Waals surface area contributed by atoms with E-state index in [1.807, 2.05) is 6.07 Å². The molecule has 0 saturated carbocycles. The maximum atomic E-state index is 5.69. The quantitative estimate of drug-likeness (QED) is 0.663. The van der Waals surface area contributed by atoms with Crippen LogP contribution in [0.4, 0.5) is 0 Å². The lowest BCUT2D eigenvalue weighted by atomic mass is 10.1. The third-order valence-corrected chi connectivity index (χ3v) is 3.82. The van der Waals surface area contributed by atoms with E-state index < -0.39 is 0 Å². The Morgan fingerprint density at radius 3 is 2.67 bits per heavy atom. The highest BCUT2D eigenvalue weighted by atomic mass is 79.9. The van der Waals surface area contributed by atoms with Gasteiger partial charge in [0.2, 0.25) is 0 Å². The van der Waals surface area contributed by atoms with Crippen molar-refractivity contribution in [3.63, 3.8) is 0 Å². The summed E-state index contributed by atoms with van der Waals surface area (Å²) in [6.45, 7) is 6.83. The molecule has 0 aromatic heterocycles. The van der Waals surface area contributed by atoms with E-state index in [4.69, 9.17) is 4.74 Å². The van der Waals surface area contributed by atoms with Crippen LogP contribution in [0.1, 0.15) is 38.3 Å². The van der Waals surface area contributed by atoms with Crippen molar-refractivity contribution in [3.05, 3.63) is 32.7 Å². The Bertz CT molecular complexity index is 358. The largest absolute Gasteiger partial charge is 0.379 e. The molecule has 1 atom stereocenters. The molecule has 0 amide bonds. The number of nitrogens with one attached hydrogen (secondary N) is 1. The minimum atomic E-state index is 0.239. The van der Waals surface area contributed by atoms with Crippen LogP contribution in [0.3, 0.4) is 0 Å². The van der Waals surface area contributed by atoms with Crippen molar-refractivity contribution >= 4 is 31.9 Å². The highest BCUT2D eigenvalue weighted by Gasteiger charge is 2.14. The van der Waals surface area contributed by atoms with Gasteiger partial charge in [-0.3, -0.25) is 0 Å². The summed E-state index contributed by atoms with van der Waals surface area (Å²) in [5.74, 6) is 0. The lowest BCUT2D eigenvalue weighted by Gasteiger charge is -2.20. The van der Waals surface area contributed by atoms with Crippen LogP contribution < -0.4 is 5.32 Å². The van der Waals surface area contributed by atoms with Gasteiger partial charge in [-0.05, 0) is 43.1 Å². The van der Waals surface area contributed by atoms with Gasteiger partial charge in [0, 0.05) is 15.6 Å². The van der Waals surface area contributed by atoms with Crippen molar-refractivity contribution in [1.29, 1.82) is 0 Å². The average molecular weight is 379 g/mol. The lowest BCUT2D eigenvalue weighted by Crippen LogP contribution is -2.26. The van der Waals surface area contributed by atoms with Gasteiger partial charge < -0.3 is 10.1 Å². The standard InChI is InChI=1S/C14H21Br2NO/c1-3-7-17-14(10-18-8-4-2)12-9-11(15)5-6-13(12)16/h5-6,9,14,17H,3-4,7-8,10H2,1-2H3. The summed E-state index contributed by atoms with van der Waals surface area (Å²) in [5, 5.41) is 3.54. The molecule has 0 aliphatic carbocycles. The number of benzene rings is 1. The van der Waals surface area contributed by atoms with Gasteiger partial charge in [0.05, 0.1) is 12.6 Å². The van der Waals surface area contributed by atoms with Crippen molar-refractivity contribution in [2.75, 3.05) is 19.8 Å². The van der Waals surface area contributed by atoms with Gasteiger partial charge in [0.15, 0.2) is 0 Å². The average Bonchev–Trinajstić information content (AvgIpc) is 2.37. The SMILES string of the molecule is CCCNC(COCCC)c1cc(Br)ccc1Br. The number of ether oxygens (including phenoxy) is 1. The number of halogens is 2. The molecule has 1 unspecified atom stereocenters. The molecule has 102 valence electrons. The second-order valence-electron chi connectivity index (χ2n) is 4.25. The first-order valence-corrected chi connectivity index (χ1v) is 8.03. The van der Waals surface area contributed by atoms with Crippen LogP contribution in [0, 0.1) is 0 Å². The summed E-state index contributed by atoms with van der Waals surface area (Å²) >= 11 is 7.14. The predicted octanol–water partition coefficient (Wildman–Crippen LogP) is 4.68. The normalized spacial score (nSPS) is 12.7. The highest BCUT2D eigenvalue weighted by molar-refractivity contribution is 9.11. The van der Waals surface area contributed by atoms with Gasteiger partial charge in [0.1, 0.15) is 0 Å². The fraction of sp³-hybridized carbons (Fsp3) is 0.571. The predicted molar refractivity (Wildman–Crippen MR) is 84.0 cm³/mol. The lowest BCUT2D eigenvalue weighted by molar-refractivity contribution is 0.112. The smallest absolute Gasteiger partial charge is 0.0661 e. The second-order valence-corrected chi connectivity index (χ2v) is 6.02. The molecule has 1 aromatic carbocycles. The monoisotopic (exact) mass is 377 g/mol. The van der Waals surface area contributed by atoms with Crippen LogP contribution in [0.25, 0.3) is 0 Å². The van der Waals surface area contributed by atoms with E-state index in [-0.39, 0.29) is 6.04 Å². The van der Waals surface area contributed by atoms with Crippen LogP contribution >= 0.6 is 31.9 Å². The Kier molecular flexibility index (Phi) is 8.15. The molecule has 0 fully saturated rings. The van der Waals surface area contributed by atoms with Crippen LogP contribution in [0.5, 0.6) is 0 Å². The minimum Gasteiger partial charge on any atom is -0.379 e. The van der Waals surface area contributed by atoms with Crippen molar-refractivity contribution in [1.82, 2.24) is 5.32 Å². The Labute approximate surface area is 127 Å². The first kappa shape index (κ1) is 16.2. The summed E-state index contributed by atoms with van der Waals surface area (Å²) < 4.78 is 7.91. The van der Waals surface area contributed by atoms with E-state index in [2.05, 4.69) is 63.2 Å². The minimum absolute atomic E-state index is 0.239. The molecule has 0 saturated heterocycles. The number of rotatable bonds is 8. The molecule has 0 bridgehead atoms. The molecule has 4 heteroatoms. The number of hydrogen-bond donors (Lipinski definition) is 1. The van der Waals surface area contributed by atoms with E-state index in [0.717, 1.165) is 34.9 Å². The Morgan fingerprint density at radius 2 is 2.00 bits per heavy atom. The van der Waals surface area contributed by atoms with Crippen LogP contribution in [0.2, 0.25) is 0 Å². The maximum Gasteiger partial charge on any atom is 0.0661 e.